The van der Waals surface area contributed by atoms with Crippen molar-refractivity contribution in [3.05, 3.63) is 64.5 Å². The number of pyridine rings is 1. The quantitative estimate of drug-likeness (QED) is 0.389. The molecular formula is C23H24ClFN4O3. The molecule has 4 aromatic rings. The number of rotatable bonds is 7. The molecule has 0 fully saturated rings. The van der Waals surface area contributed by atoms with E-state index in [1.807, 2.05) is 33.2 Å². The Morgan fingerprint density at radius 2 is 2.09 bits per heavy atom. The van der Waals surface area contributed by atoms with Crippen LogP contribution in [0.2, 0.25) is 5.02 Å². The SMILES string of the molecule is Cc1c(-c2cnc3[nH]cc(C(C)c4c(OCC(O)CO)ccc(F)c4Cl)c3c2)cnn1C. The Balaban J connectivity index is 1.79. The third kappa shape index (κ3) is 3.97. The molecular weight excluding hydrogens is 435 g/mol. The summed E-state index contributed by atoms with van der Waals surface area (Å²) in [6.45, 7) is 3.31. The number of hydrogen-bond acceptors (Lipinski definition) is 5. The second-order valence-electron chi connectivity index (χ2n) is 7.77. The summed E-state index contributed by atoms with van der Waals surface area (Å²) < 4.78 is 21.8. The highest BCUT2D eigenvalue weighted by molar-refractivity contribution is 6.31. The van der Waals surface area contributed by atoms with Gasteiger partial charge in [0.2, 0.25) is 0 Å². The Labute approximate surface area is 189 Å². The first-order valence-corrected chi connectivity index (χ1v) is 10.5. The van der Waals surface area contributed by atoms with E-state index in [0.717, 1.165) is 27.8 Å². The van der Waals surface area contributed by atoms with Crippen LogP contribution in [0.15, 0.2) is 36.8 Å². The van der Waals surface area contributed by atoms with Gasteiger partial charge in [0, 0.05) is 53.1 Å². The first-order valence-electron chi connectivity index (χ1n) is 10.2. The fraction of sp³-hybridized carbons (Fsp3) is 0.304. The van der Waals surface area contributed by atoms with Gasteiger partial charge >= 0.3 is 0 Å². The number of nitrogens with zero attached hydrogens (tertiary/aromatic N) is 3. The van der Waals surface area contributed by atoms with Crippen molar-refractivity contribution in [1.29, 1.82) is 0 Å². The molecule has 4 rings (SSSR count). The number of nitrogens with one attached hydrogen (secondary N) is 1. The van der Waals surface area contributed by atoms with E-state index in [1.165, 1.54) is 12.1 Å². The Bertz CT molecular complexity index is 1270. The minimum atomic E-state index is -1.05. The molecule has 168 valence electrons. The highest BCUT2D eigenvalue weighted by atomic mass is 35.5. The summed E-state index contributed by atoms with van der Waals surface area (Å²) in [5.41, 5.74) is 4.94. The summed E-state index contributed by atoms with van der Waals surface area (Å²) in [5.74, 6) is -0.563. The zero-order valence-electron chi connectivity index (χ0n) is 17.9. The van der Waals surface area contributed by atoms with Gasteiger partial charge in [0.05, 0.1) is 17.8 Å². The zero-order valence-corrected chi connectivity index (χ0v) is 18.7. The van der Waals surface area contributed by atoms with Gasteiger partial charge in [-0.25, -0.2) is 9.37 Å². The molecule has 1 aromatic carbocycles. The lowest BCUT2D eigenvalue weighted by Crippen LogP contribution is -2.22. The summed E-state index contributed by atoms with van der Waals surface area (Å²) in [6, 6.07) is 4.73. The maximum Gasteiger partial charge on any atom is 0.142 e. The van der Waals surface area contributed by atoms with E-state index < -0.39 is 18.5 Å². The topological polar surface area (TPSA) is 96.2 Å². The summed E-state index contributed by atoms with van der Waals surface area (Å²) >= 11 is 6.36. The summed E-state index contributed by atoms with van der Waals surface area (Å²) in [4.78, 5) is 7.71. The van der Waals surface area contributed by atoms with Gasteiger partial charge in [-0.3, -0.25) is 4.68 Å². The average molecular weight is 459 g/mol. The molecule has 2 unspecified atom stereocenters. The van der Waals surface area contributed by atoms with E-state index in [1.54, 1.807) is 17.1 Å². The Morgan fingerprint density at radius 1 is 1.31 bits per heavy atom. The minimum Gasteiger partial charge on any atom is -0.490 e. The van der Waals surface area contributed by atoms with Crippen LogP contribution in [0.4, 0.5) is 4.39 Å². The molecule has 32 heavy (non-hydrogen) atoms. The maximum absolute atomic E-state index is 14.4. The lowest BCUT2D eigenvalue weighted by Gasteiger charge is -2.20. The van der Waals surface area contributed by atoms with Crippen LogP contribution < -0.4 is 4.74 Å². The average Bonchev–Trinajstić information content (AvgIpc) is 3.36. The molecule has 0 saturated carbocycles. The van der Waals surface area contributed by atoms with Crippen molar-refractivity contribution < 1.29 is 19.3 Å². The molecule has 0 spiro atoms. The maximum atomic E-state index is 14.4. The molecule has 0 saturated heterocycles. The van der Waals surface area contributed by atoms with E-state index in [9.17, 15) is 9.50 Å². The molecule has 0 bridgehead atoms. The van der Waals surface area contributed by atoms with Gasteiger partial charge in [-0.1, -0.05) is 18.5 Å². The number of hydrogen-bond donors (Lipinski definition) is 3. The van der Waals surface area contributed by atoms with Crippen molar-refractivity contribution in [3.8, 4) is 16.9 Å². The van der Waals surface area contributed by atoms with Crippen LogP contribution in [0.1, 0.15) is 29.7 Å². The van der Waals surface area contributed by atoms with Crippen molar-refractivity contribution in [2.75, 3.05) is 13.2 Å². The lowest BCUT2D eigenvalue weighted by molar-refractivity contribution is 0.0532. The van der Waals surface area contributed by atoms with Crippen LogP contribution >= 0.6 is 11.6 Å². The van der Waals surface area contributed by atoms with Crippen LogP contribution in [-0.2, 0) is 7.05 Å². The second-order valence-corrected chi connectivity index (χ2v) is 8.15. The van der Waals surface area contributed by atoms with Gasteiger partial charge in [0.1, 0.15) is 29.9 Å². The van der Waals surface area contributed by atoms with Crippen molar-refractivity contribution in [1.82, 2.24) is 19.7 Å². The summed E-state index contributed by atoms with van der Waals surface area (Å²) in [7, 11) is 1.88. The standard InChI is InChI=1S/C23H24ClFN4O3/c1-12(21-20(32-11-15(31)10-30)5-4-19(25)22(21)24)17-8-27-23-16(17)6-14(7-26-23)18-9-28-29(3)13(18)2/h4-9,12,15,30-31H,10-11H2,1-3H3,(H,26,27). The Morgan fingerprint density at radius 3 is 2.78 bits per heavy atom. The third-order valence-corrected chi connectivity index (χ3v) is 6.13. The first-order chi connectivity index (χ1) is 15.3. The number of aromatic nitrogens is 4. The molecule has 3 heterocycles. The number of ether oxygens (including phenoxy) is 1. The predicted molar refractivity (Wildman–Crippen MR) is 121 cm³/mol. The number of aliphatic hydroxyl groups excluding tert-OH is 2. The highest BCUT2D eigenvalue weighted by Gasteiger charge is 2.24. The van der Waals surface area contributed by atoms with E-state index >= 15 is 0 Å². The number of aryl methyl sites for hydroxylation is 1. The van der Waals surface area contributed by atoms with Crippen LogP contribution in [0, 0.1) is 12.7 Å². The molecule has 0 aliphatic rings. The Hall–Kier alpha value is -2.94. The molecule has 0 amide bonds. The van der Waals surface area contributed by atoms with Gasteiger partial charge in [-0.15, -0.1) is 0 Å². The third-order valence-electron chi connectivity index (χ3n) is 5.74. The highest BCUT2D eigenvalue weighted by Crippen LogP contribution is 2.41. The number of aromatic amines is 1. The fourth-order valence-electron chi connectivity index (χ4n) is 3.78. The van der Waals surface area contributed by atoms with E-state index in [4.69, 9.17) is 21.4 Å². The molecule has 7 nitrogen and oxygen atoms in total. The van der Waals surface area contributed by atoms with Crippen LogP contribution in [0.25, 0.3) is 22.2 Å². The van der Waals surface area contributed by atoms with E-state index in [2.05, 4.69) is 15.1 Å². The molecule has 3 N–H and O–H groups in total. The predicted octanol–water partition coefficient (Wildman–Crippen LogP) is 3.95. The molecule has 0 aliphatic heterocycles. The van der Waals surface area contributed by atoms with Crippen molar-refractivity contribution in [2.45, 2.75) is 25.9 Å². The Kier molecular flexibility index (Phi) is 6.19. The largest absolute Gasteiger partial charge is 0.490 e. The van der Waals surface area contributed by atoms with Gasteiger partial charge in [-0.2, -0.15) is 5.10 Å². The number of H-pyrrole nitrogens is 1. The van der Waals surface area contributed by atoms with Crippen molar-refractivity contribution in [2.24, 2.45) is 7.05 Å². The summed E-state index contributed by atoms with van der Waals surface area (Å²) in [6.07, 6.45) is 4.37. The van der Waals surface area contributed by atoms with Crippen LogP contribution in [0.5, 0.6) is 5.75 Å². The molecule has 3 aromatic heterocycles. The second kappa shape index (κ2) is 8.90. The van der Waals surface area contributed by atoms with Gasteiger partial charge in [0.25, 0.3) is 0 Å². The number of fused-ring (bicyclic) bond motifs is 1. The molecule has 0 radical (unpaired) electrons. The zero-order chi connectivity index (χ0) is 23.0. The lowest BCUT2D eigenvalue weighted by atomic mass is 9.91. The molecule has 2 atom stereocenters. The van der Waals surface area contributed by atoms with Gasteiger partial charge in [-0.05, 0) is 30.7 Å². The monoisotopic (exact) mass is 458 g/mol. The van der Waals surface area contributed by atoms with E-state index in [0.29, 0.717) is 17.0 Å². The fourth-order valence-corrected chi connectivity index (χ4v) is 4.10. The van der Waals surface area contributed by atoms with Crippen molar-refractivity contribution >= 4 is 22.6 Å². The minimum absolute atomic E-state index is 0.0462. The van der Waals surface area contributed by atoms with Gasteiger partial charge in [0.15, 0.2) is 0 Å². The van der Waals surface area contributed by atoms with Crippen LogP contribution in [0.3, 0.4) is 0 Å². The van der Waals surface area contributed by atoms with Crippen molar-refractivity contribution in [3.63, 3.8) is 0 Å². The first kappa shape index (κ1) is 22.3. The number of benzene rings is 1. The molecule has 0 aliphatic carbocycles. The van der Waals surface area contributed by atoms with E-state index in [-0.39, 0.29) is 17.5 Å². The smallest absolute Gasteiger partial charge is 0.142 e. The normalized spacial score (nSPS) is 13.5. The van der Waals surface area contributed by atoms with Crippen LogP contribution in [-0.4, -0.2) is 49.3 Å². The molecule has 9 heteroatoms. The summed E-state index contributed by atoms with van der Waals surface area (Å²) in [5, 5.41) is 23.9. The number of aliphatic hydroxyl groups is 2. The number of halogens is 2. The van der Waals surface area contributed by atoms with Gasteiger partial charge < -0.3 is 19.9 Å².